The average Bonchev–Trinajstić information content (AvgIpc) is 3.94. The number of hydrogen-bond donors (Lipinski definition) is 0. The van der Waals surface area contributed by atoms with E-state index in [0.29, 0.717) is 0 Å². The van der Waals surface area contributed by atoms with Gasteiger partial charge >= 0.3 is 0 Å². The zero-order valence-corrected chi connectivity index (χ0v) is 38.2. The quantitative estimate of drug-likeness (QED) is 0.0947. The molecule has 0 unspecified atom stereocenters. The molecule has 1 aliphatic heterocycles. The third kappa shape index (κ3) is 9.42. The van der Waals surface area contributed by atoms with E-state index in [1.165, 1.54) is 126 Å². The smallest absolute Gasteiger partial charge is 0.0920 e. The van der Waals surface area contributed by atoms with Crippen LogP contribution in [0.1, 0.15) is 75.6 Å². The topological polar surface area (TPSA) is 0 Å². The molecule has 0 amide bonds. The van der Waals surface area contributed by atoms with E-state index in [9.17, 15) is 0 Å². The van der Waals surface area contributed by atoms with Crippen LogP contribution in [0.25, 0.3) is 54.9 Å². The van der Waals surface area contributed by atoms with Crippen LogP contribution in [-0.4, -0.2) is 9.52 Å². The minimum absolute atomic E-state index is 0. The molecule has 0 atom stereocenters. The Hall–Kier alpha value is -4.37. The Labute approximate surface area is 357 Å². The minimum atomic E-state index is 0. The Balaban J connectivity index is 0.000000145. The van der Waals surface area contributed by atoms with E-state index in [-0.39, 0.29) is 25.8 Å². The van der Waals surface area contributed by atoms with Crippen molar-refractivity contribution in [2.24, 2.45) is 0 Å². The van der Waals surface area contributed by atoms with Crippen molar-refractivity contribution < 1.29 is 25.8 Å². The molecule has 1 aliphatic rings. The summed E-state index contributed by atoms with van der Waals surface area (Å²) in [7, 11) is 0.795. The van der Waals surface area contributed by atoms with Crippen LogP contribution in [0.3, 0.4) is 0 Å². The van der Waals surface area contributed by atoms with Crippen LogP contribution in [0.5, 0.6) is 0 Å². The molecular formula is C54H53HfSi-3. The Bertz CT molecular complexity index is 2300. The Morgan fingerprint density at radius 2 is 0.893 bits per heavy atom. The first kappa shape index (κ1) is 41.3. The Morgan fingerprint density at radius 1 is 0.446 bits per heavy atom. The van der Waals surface area contributed by atoms with Gasteiger partial charge in [-0.25, -0.2) is 0 Å². The van der Waals surface area contributed by atoms with Gasteiger partial charge in [-0.1, -0.05) is 160 Å². The molecule has 0 fully saturated rings. The van der Waals surface area contributed by atoms with Crippen LogP contribution in [0, 0.1) is 6.07 Å². The molecule has 0 nitrogen and oxygen atoms in total. The molecule has 8 aromatic rings. The first-order valence-corrected chi connectivity index (χ1v) is 21.5. The molecule has 0 aliphatic carbocycles. The van der Waals surface area contributed by atoms with Gasteiger partial charge in [0.1, 0.15) is 0 Å². The number of benzene rings is 6. The summed E-state index contributed by atoms with van der Waals surface area (Å²) in [6.07, 6.45) is 9.43. The SMILES string of the molecule is CCCc1cc2c(-c3ccccc3CCC)cccc2[cH-]1.CCCc1cc2c(-c3ccccc3CCC)cccc2[cH-]1.[Hf].[c-]1cccc2c1[Si]c1ccccc1-2. The van der Waals surface area contributed by atoms with Crippen LogP contribution < -0.4 is 10.4 Å². The molecule has 0 saturated carbocycles. The average molecular weight is 909 g/mol. The van der Waals surface area contributed by atoms with Gasteiger partial charge in [-0.2, -0.15) is 41.6 Å². The van der Waals surface area contributed by atoms with Gasteiger partial charge in [0, 0.05) is 25.8 Å². The number of fused-ring (bicyclic) bond motifs is 5. The van der Waals surface area contributed by atoms with E-state index in [0.717, 1.165) is 22.4 Å². The summed E-state index contributed by atoms with van der Waals surface area (Å²) in [5, 5.41) is 8.39. The van der Waals surface area contributed by atoms with Crippen molar-refractivity contribution in [3.63, 3.8) is 0 Å². The van der Waals surface area contributed by atoms with Crippen molar-refractivity contribution in [1.82, 2.24) is 0 Å². The Kier molecular flexibility index (Phi) is 14.9. The fraction of sp³-hybridized carbons (Fsp3) is 0.222. The van der Waals surface area contributed by atoms with Crippen LogP contribution in [0.4, 0.5) is 0 Å². The van der Waals surface area contributed by atoms with Gasteiger partial charge in [-0.15, -0.1) is 74.6 Å². The largest absolute Gasteiger partial charge is 0.184 e. The summed E-state index contributed by atoms with van der Waals surface area (Å²) in [6.45, 7) is 8.99. The van der Waals surface area contributed by atoms with E-state index >= 15 is 0 Å². The summed E-state index contributed by atoms with van der Waals surface area (Å²) < 4.78 is 0. The monoisotopic (exact) mass is 909 g/mol. The summed E-state index contributed by atoms with van der Waals surface area (Å²) >= 11 is 0. The second-order valence-electron chi connectivity index (χ2n) is 14.8. The maximum atomic E-state index is 3.31. The fourth-order valence-electron chi connectivity index (χ4n) is 8.20. The van der Waals surface area contributed by atoms with Gasteiger partial charge in [-0.05, 0) is 47.9 Å². The minimum Gasteiger partial charge on any atom is -0.184 e. The normalized spacial score (nSPS) is 11.2. The molecule has 2 heteroatoms. The van der Waals surface area contributed by atoms with Crippen molar-refractivity contribution in [2.45, 2.75) is 79.1 Å². The molecule has 0 N–H and O–H groups in total. The standard InChI is InChI=1S/2C21H23.C12H7Si.Hf/c2*1-3-8-16-14-18-11-7-13-20(21(18)15-16)19-12-6-5-10-17(19)9-4-2;1-3-7-11-9(5-1)10-6-2-4-8-12(10)13-11;/h2*5-7,10-15H,3-4,8-9H2,1-2H3;1-7H;/q3*-1;. The van der Waals surface area contributed by atoms with Crippen molar-refractivity contribution >= 4 is 41.4 Å². The summed E-state index contributed by atoms with van der Waals surface area (Å²) in [5.74, 6) is 0. The van der Waals surface area contributed by atoms with Crippen LogP contribution >= 0.6 is 0 Å². The van der Waals surface area contributed by atoms with Gasteiger partial charge in [0.25, 0.3) is 0 Å². The van der Waals surface area contributed by atoms with Crippen molar-refractivity contribution in [2.75, 3.05) is 0 Å². The van der Waals surface area contributed by atoms with E-state index in [1.807, 2.05) is 6.07 Å². The molecule has 9 rings (SSSR count). The van der Waals surface area contributed by atoms with Gasteiger partial charge in [0.2, 0.25) is 0 Å². The van der Waals surface area contributed by atoms with E-state index in [2.05, 4.69) is 179 Å². The molecule has 1 heterocycles. The van der Waals surface area contributed by atoms with Crippen LogP contribution in [0.2, 0.25) is 0 Å². The summed E-state index contributed by atoms with van der Waals surface area (Å²) in [5.41, 5.74) is 14.2. The first-order valence-electron chi connectivity index (χ1n) is 20.5. The molecule has 0 saturated heterocycles. The number of aryl methyl sites for hydroxylation is 4. The molecule has 0 spiro atoms. The predicted octanol–water partition coefficient (Wildman–Crippen LogP) is 13.4. The van der Waals surface area contributed by atoms with Crippen molar-refractivity contribution in [1.29, 1.82) is 0 Å². The zero-order chi connectivity index (χ0) is 38.0. The maximum absolute atomic E-state index is 3.31. The molecule has 0 aromatic heterocycles. The fourth-order valence-corrected chi connectivity index (χ4v) is 9.51. The molecule has 8 aromatic carbocycles. The third-order valence-corrected chi connectivity index (χ3v) is 12.1. The van der Waals surface area contributed by atoms with Gasteiger partial charge < -0.3 is 0 Å². The summed E-state index contributed by atoms with van der Waals surface area (Å²) in [4.78, 5) is 0. The van der Waals surface area contributed by atoms with E-state index < -0.39 is 0 Å². The van der Waals surface area contributed by atoms with E-state index in [1.54, 1.807) is 0 Å². The maximum Gasteiger partial charge on any atom is 0.0920 e. The molecule has 2 radical (unpaired) electrons. The van der Waals surface area contributed by atoms with Crippen LogP contribution in [-0.2, 0) is 51.5 Å². The molecule has 0 bridgehead atoms. The van der Waals surface area contributed by atoms with Crippen molar-refractivity contribution in [3.8, 4) is 33.4 Å². The van der Waals surface area contributed by atoms with Crippen molar-refractivity contribution in [3.05, 3.63) is 180 Å². The number of hydrogen-bond acceptors (Lipinski definition) is 0. The third-order valence-electron chi connectivity index (χ3n) is 10.7. The molecule has 280 valence electrons. The zero-order valence-electron chi connectivity index (χ0n) is 33.6. The van der Waals surface area contributed by atoms with Gasteiger partial charge in [0.15, 0.2) is 0 Å². The van der Waals surface area contributed by atoms with Crippen LogP contribution in [0.15, 0.2) is 152 Å². The second-order valence-corrected chi connectivity index (χ2v) is 16.1. The summed E-state index contributed by atoms with van der Waals surface area (Å²) in [6, 6.07) is 58.7. The predicted molar refractivity (Wildman–Crippen MR) is 242 cm³/mol. The first-order chi connectivity index (χ1) is 27.1. The second kappa shape index (κ2) is 20.2. The van der Waals surface area contributed by atoms with Gasteiger partial charge in [-0.3, -0.25) is 0 Å². The number of rotatable bonds is 10. The molecule has 56 heavy (non-hydrogen) atoms. The Morgan fingerprint density at radius 3 is 1.41 bits per heavy atom. The van der Waals surface area contributed by atoms with Gasteiger partial charge in [0.05, 0.1) is 9.52 Å². The van der Waals surface area contributed by atoms with E-state index in [4.69, 9.17) is 0 Å². The molecular weight excluding hydrogens is 855 g/mol.